The van der Waals surface area contributed by atoms with Crippen molar-refractivity contribution in [2.75, 3.05) is 5.32 Å². The van der Waals surface area contributed by atoms with E-state index in [9.17, 15) is 4.79 Å². The molecule has 0 saturated heterocycles. The number of nitrogens with zero attached hydrogens (tertiary/aromatic N) is 1. The predicted molar refractivity (Wildman–Crippen MR) is 74.2 cm³/mol. The van der Waals surface area contributed by atoms with Gasteiger partial charge in [0, 0.05) is 5.02 Å². The second-order valence-electron chi connectivity index (χ2n) is 3.09. The Labute approximate surface area is 119 Å². The van der Waals surface area contributed by atoms with E-state index in [4.69, 9.17) is 40.7 Å². The van der Waals surface area contributed by atoms with Crippen LogP contribution >= 0.6 is 35.4 Å². The lowest BCUT2D eigenvalue weighted by atomic mass is 10.3. The van der Waals surface area contributed by atoms with Gasteiger partial charge in [0.1, 0.15) is 6.42 Å². The van der Waals surface area contributed by atoms with Crippen molar-refractivity contribution >= 4 is 52.1 Å². The topological polar surface area (TPSA) is 77.0 Å². The van der Waals surface area contributed by atoms with Crippen molar-refractivity contribution in [1.29, 1.82) is 5.26 Å². The SMILES string of the molecule is N#CCC(=O)NNC(=S)Nc1cc(Cl)ccc1Cl. The van der Waals surface area contributed by atoms with E-state index in [2.05, 4.69) is 16.2 Å². The Bertz CT molecular complexity index is 515. The highest BCUT2D eigenvalue weighted by molar-refractivity contribution is 7.80. The largest absolute Gasteiger partial charge is 0.330 e. The van der Waals surface area contributed by atoms with Gasteiger partial charge in [-0.15, -0.1) is 0 Å². The number of nitriles is 1. The third-order valence-electron chi connectivity index (χ3n) is 1.73. The van der Waals surface area contributed by atoms with Crippen molar-refractivity contribution in [2.24, 2.45) is 0 Å². The molecule has 0 aliphatic heterocycles. The zero-order chi connectivity index (χ0) is 13.5. The minimum absolute atomic E-state index is 0.130. The lowest BCUT2D eigenvalue weighted by Crippen LogP contribution is -2.43. The minimum Gasteiger partial charge on any atom is -0.330 e. The van der Waals surface area contributed by atoms with E-state index >= 15 is 0 Å². The first-order valence-corrected chi connectivity index (χ1v) is 5.87. The fourth-order valence-electron chi connectivity index (χ4n) is 0.989. The van der Waals surface area contributed by atoms with Crippen LogP contribution < -0.4 is 16.2 Å². The van der Waals surface area contributed by atoms with Crippen LogP contribution in [0.3, 0.4) is 0 Å². The number of amides is 1. The molecule has 1 aromatic carbocycles. The molecule has 0 aliphatic rings. The molecule has 3 N–H and O–H groups in total. The van der Waals surface area contributed by atoms with Gasteiger partial charge in [0.25, 0.3) is 5.91 Å². The summed E-state index contributed by atoms with van der Waals surface area (Å²) in [6.45, 7) is 0. The summed E-state index contributed by atoms with van der Waals surface area (Å²) in [5.74, 6) is -0.487. The van der Waals surface area contributed by atoms with Crippen molar-refractivity contribution in [2.45, 2.75) is 6.42 Å². The zero-order valence-electron chi connectivity index (χ0n) is 8.96. The molecule has 0 heterocycles. The molecule has 0 unspecified atom stereocenters. The van der Waals surface area contributed by atoms with Crippen LogP contribution in [0.1, 0.15) is 6.42 Å². The van der Waals surface area contributed by atoms with Crippen LogP contribution in [0.4, 0.5) is 5.69 Å². The number of thiocarbonyl (C=S) groups is 1. The molecule has 18 heavy (non-hydrogen) atoms. The first-order chi connectivity index (χ1) is 8.52. The van der Waals surface area contributed by atoms with Crippen molar-refractivity contribution in [3.63, 3.8) is 0 Å². The smallest absolute Gasteiger partial charge is 0.252 e. The highest BCUT2D eigenvalue weighted by Crippen LogP contribution is 2.25. The van der Waals surface area contributed by atoms with Gasteiger partial charge in [-0.3, -0.25) is 15.6 Å². The van der Waals surface area contributed by atoms with E-state index in [1.54, 1.807) is 24.3 Å². The van der Waals surface area contributed by atoms with Crippen LogP contribution in [0.5, 0.6) is 0 Å². The van der Waals surface area contributed by atoms with E-state index in [0.717, 1.165) is 0 Å². The molecule has 8 heteroatoms. The normalized spacial score (nSPS) is 9.17. The van der Waals surface area contributed by atoms with Crippen LogP contribution in [-0.2, 0) is 4.79 Å². The number of anilines is 1. The molecule has 94 valence electrons. The number of hydrazine groups is 1. The first kappa shape index (κ1) is 14.5. The molecule has 1 rings (SSSR count). The Balaban J connectivity index is 2.52. The van der Waals surface area contributed by atoms with Gasteiger partial charge in [-0.05, 0) is 30.4 Å². The first-order valence-electron chi connectivity index (χ1n) is 4.70. The Kier molecular flexibility index (Phi) is 5.65. The van der Waals surface area contributed by atoms with Crippen molar-refractivity contribution in [1.82, 2.24) is 10.9 Å². The fourth-order valence-corrected chi connectivity index (χ4v) is 1.49. The number of benzene rings is 1. The van der Waals surface area contributed by atoms with E-state index < -0.39 is 5.91 Å². The number of nitrogens with one attached hydrogen (secondary N) is 3. The van der Waals surface area contributed by atoms with Crippen molar-refractivity contribution in [3.8, 4) is 6.07 Å². The lowest BCUT2D eigenvalue weighted by molar-refractivity contribution is -0.120. The maximum absolute atomic E-state index is 11.0. The molecular formula is C10H8Cl2N4OS. The van der Waals surface area contributed by atoms with Gasteiger partial charge >= 0.3 is 0 Å². The third-order valence-corrected chi connectivity index (χ3v) is 2.50. The number of carbonyl (C=O) groups is 1. The zero-order valence-corrected chi connectivity index (χ0v) is 11.3. The molecule has 0 bridgehead atoms. The Morgan fingerprint density at radius 2 is 2.11 bits per heavy atom. The maximum atomic E-state index is 11.0. The highest BCUT2D eigenvalue weighted by atomic mass is 35.5. The minimum atomic E-state index is -0.487. The molecule has 0 radical (unpaired) electrons. The maximum Gasteiger partial charge on any atom is 0.252 e. The van der Waals surface area contributed by atoms with Crippen LogP contribution in [0.15, 0.2) is 18.2 Å². The summed E-state index contributed by atoms with van der Waals surface area (Å²) in [5.41, 5.74) is 5.19. The Hall–Kier alpha value is -1.55. The van der Waals surface area contributed by atoms with Crippen LogP contribution in [0.2, 0.25) is 10.0 Å². The van der Waals surface area contributed by atoms with Crippen molar-refractivity contribution in [3.05, 3.63) is 28.2 Å². The third kappa shape index (κ3) is 4.75. The molecule has 1 aromatic rings. The number of hydrogen-bond acceptors (Lipinski definition) is 3. The summed E-state index contributed by atoms with van der Waals surface area (Å²) in [6.07, 6.45) is -0.256. The second kappa shape index (κ2) is 7.01. The average molecular weight is 303 g/mol. The summed E-state index contributed by atoms with van der Waals surface area (Å²) in [4.78, 5) is 11.0. The molecular weight excluding hydrogens is 295 g/mol. The molecule has 0 aliphatic carbocycles. The van der Waals surface area contributed by atoms with Gasteiger partial charge in [-0.1, -0.05) is 23.2 Å². The summed E-state index contributed by atoms with van der Waals surface area (Å²) < 4.78 is 0. The summed E-state index contributed by atoms with van der Waals surface area (Å²) >= 11 is 16.6. The fraction of sp³-hybridized carbons (Fsp3) is 0.100. The number of rotatable bonds is 2. The van der Waals surface area contributed by atoms with Crippen LogP contribution in [-0.4, -0.2) is 11.0 Å². The van der Waals surface area contributed by atoms with Crippen molar-refractivity contribution < 1.29 is 4.79 Å². The summed E-state index contributed by atoms with van der Waals surface area (Å²) in [5, 5.41) is 12.1. The van der Waals surface area contributed by atoms with E-state index in [-0.39, 0.29) is 11.5 Å². The molecule has 1 amide bonds. The monoisotopic (exact) mass is 302 g/mol. The standard InChI is InChI=1S/C10H8Cl2N4OS/c11-6-1-2-7(12)8(5-6)14-10(18)16-15-9(17)3-4-13/h1-2,5H,3H2,(H,15,17)(H2,14,16,18). The molecule has 0 atom stereocenters. The molecule has 0 saturated carbocycles. The summed E-state index contributed by atoms with van der Waals surface area (Å²) in [7, 11) is 0. The predicted octanol–water partition coefficient (Wildman–Crippen LogP) is 2.22. The molecule has 0 spiro atoms. The van der Waals surface area contributed by atoms with Crippen LogP contribution in [0.25, 0.3) is 0 Å². The molecule has 0 aromatic heterocycles. The van der Waals surface area contributed by atoms with Gasteiger partial charge in [0.05, 0.1) is 16.8 Å². The average Bonchev–Trinajstić information content (AvgIpc) is 2.32. The Morgan fingerprint density at radius 1 is 1.39 bits per heavy atom. The van der Waals surface area contributed by atoms with E-state index in [0.29, 0.717) is 15.7 Å². The van der Waals surface area contributed by atoms with E-state index in [1.165, 1.54) is 0 Å². The number of carbonyl (C=O) groups excluding carboxylic acids is 1. The van der Waals surface area contributed by atoms with Gasteiger partial charge in [-0.2, -0.15) is 5.26 Å². The second-order valence-corrected chi connectivity index (χ2v) is 4.34. The lowest BCUT2D eigenvalue weighted by Gasteiger charge is -2.12. The number of hydrogen-bond donors (Lipinski definition) is 3. The van der Waals surface area contributed by atoms with Gasteiger partial charge in [-0.25, -0.2) is 0 Å². The molecule has 0 fully saturated rings. The quantitative estimate of drug-likeness (QED) is 0.577. The van der Waals surface area contributed by atoms with Crippen LogP contribution in [0, 0.1) is 11.3 Å². The van der Waals surface area contributed by atoms with Gasteiger partial charge < -0.3 is 5.32 Å². The van der Waals surface area contributed by atoms with Gasteiger partial charge in [0.15, 0.2) is 5.11 Å². The number of halogens is 2. The Morgan fingerprint density at radius 3 is 2.78 bits per heavy atom. The van der Waals surface area contributed by atoms with E-state index in [1.807, 2.05) is 0 Å². The highest BCUT2D eigenvalue weighted by Gasteiger charge is 2.04. The van der Waals surface area contributed by atoms with Gasteiger partial charge in [0.2, 0.25) is 0 Å². The molecule has 5 nitrogen and oxygen atoms in total. The summed E-state index contributed by atoms with van der Waals surface area (Å²) in [6, 6.07) is 6.55.